The van der Waals surface area contributed by atoms with Crippen LogP contribution >= 0.6 is 0 Å². The van der Waals surface area contributed by atoms with E-state index in [4.69, 9.17) is 5.73 Å². The van der Waals surface area contributed by atoms with E-state index in [0.717, 1.165) is 12.0 Å². The van der Waals surface area contributed by atoms with Crippen LogP contribution in [0.4, 0.5) is 0 Å². The maximum atomic E-state index is 12.1. The van der Waals surface area contributed by atoms with Crippen molar-refractivity contribution in [1.82, 2.24) is 4.90 Å². The number of nitrogens with two attached hydrogens (primary N) is 1. The van der Waals surface area contributed by atoms with Crippen molar-refractivity contribution in [1.29, 1.82) is 0 Å². The van der Waals surface area contributed by atoms with E-state index >= 15 is 0 Å². The molecule has 95 valence electrons. The third kappa shape index (κ3) is 2.76. The van der Waals surface area contributed by atoms with Crippen molar-refractivity contribution in [2.75, 3.05) is 6.54 Å². The Bertz CT molecular complexity index is 419. The summed E-state index contributed by atoms with van der Waals surface area (Å²) in [7, 11) is 0. The van der Waals surface area contributed by atoms with Gasteiger partial charge in [-0.15, -0.1) is 0 Å². The molecule has 0 bridgehead atoms. The van der Waals surface area contributed by atoms with Crippen LogP contribution in [0.1, 0.15) is 18.4 Å². The van der Waals surface area contributed by atoms with E-state index < -0.39 is 12.1 Å². The van der Waals surface area contributed by atoms with E-state index in [1.54, 1.807) is 4.90 Å². The second-order valence-electron chi connectivity index (χ2n) is 4.60. The van der Waals surface area contributed by atoms with Crippen LogP contribution in [0.25, 0.3) is 0 Å². The molecule has 0 aromatic heterocycles. The summed E-state index contributed by atoms with van der Waals surface area (Å²) in [4.78, 5) is 24.4. The van der Waals surface area contributed by atoms with Crippen LogP contribution < -0.4 is 5.73 Å². The molecule has 1 heterocycles. The molecule has 1 aliphatic heterocycles. The average molecular weight is 245 g/mol. The van der Waals surface area contributed by atoms with E-state index in [9.17, 15) is 9.59 Å². The Hall–Kier alpha value is -1.68. The molecular formula is C14H17N2O2. The molecule has 0 unspecified atom stereocenters. The number of likely N-dealkylation sites (tertiary alicyclic amines) is 1. The van der Waals surface area contributed by atoms with Crippen LogP contribution in [-0.4, -0.2) is 35.7 Å². The van der Waals surface area contributed by atoms with Gasteiger partial charge in [-0.05, 0) is 24.8 Å². The molecule has 1 fully saturated rings. The lowest BCUT2D eigenvalue weighted by molar-refractivity contribution is -0.132. The number of carbonyl (C=O) groups is 1. The van der Waals surface area contributed by atoms with Crippen LogP contribution in [0.15, 0.2) is 30.3 Å². The molecule has 2 N–H and O–H groups in total. The standard InChI is InChI=1S/C14H17N2O2/c15-13(9-11-5-2-1-3-6-11)14(18)16-8-4-7-12(16)10-17/h1-3,5-6,12-13H,4,7-9,15H2/t12-,13+/m0/s1. The van der Waals surface area contributed by atoms with Crippen molar-refractivity contribution >= 4 is 12.2 Å². The first-order chi connectivity index (χ1) is 8.72. The van der Waals surface area contributed by atoms with Gasteiger partial charge in [0.1, 0.15) is 0 Å². The normalized spacial score (nSPS) is 20.7. The van der Waals surface area contributed by atoms with Gasteiger partial charge in [0.05, 0.1) is 12.1 Å². The van der Waals surface area contributed by atoms with Crippen LogP contribution in [0.3, 0.4) is 0 Å². The van der Waals surface area contributed by atoms with Crippen molar-refractivity contribution in [3.63, 3.8) is 0 Å². The van der Waals surface area contributed by atoms with Crippen LogP contribution in [0.2, 0.25) is 0 Å². The summed E-state index contributed by atoms with van der Waals surface area (Å²) >= 11 is 0. The highest BCUT2D eigenvalue weighted by Crippen LogP contribution is 2.17. The van der Waals surface area contributed by atoms with Gasteiger partial charge in [-0.1, -0.05) is 30.3 Å². The largest absolute Gasteiger partial charge is 0.331 e. The number of carbonyl (C=O) groups excluding carboxylic acids is 2. The highest BCUT2D eigenvalue weighted by Gasteiger charge is 2.31. The SMILES string of the molecule is N[C@H](Cc1ccccc1)C(=O)N1CCC[C@H]1[C]=O. The molecule has 1 aromatic carbocycles. The fourth-order valence-electron chi connectivity index (χ4n) is 2.32. The van der Waals surface area contributed by atoms with Crippen molar-refractivity contribution in [3.8, 4) is 0 Å². The lowest BCUT2D eigenvalue weighted by atomic mass is 10.1. The first kappa shape index (κ1) is 12.8. The molecule has 1 amide bonds. The van der Waals surface area contributed by atoms with E-state index in [1.165, 1.54) is 0 Å². The van der Waals surface area contributed by atoms with Crippen molar-refractivity contribution in [3.05, 3.63) is 35.9 Å². The molecule has 1 radical (unpaired) electrons. The minimum Gasteiger partial charge on any atom is -0.331 e. The summed E-state index contributed by atoms with van der Waals surface area (Å²) in [5.41, 5.74) is 6.96. The number of benzene rings is 1. The minimum atomic E-state index is -0.582. The quantitative estimate of drug-likeness (QED) is 0.847. The van der Waals surface area contributed by atoms with Crippen molar-refractivity contribution < 1.29 is 9.59 Å². The number of nitrogens with zero attached hydrogens (tertiary/aromatic N) is 1. The van der Waals surface area contributed by atoms with Gasteiger partial charge in [0.2, 0.25) is 12.2 Å². The minimum absolute atomic E-state index is 0.148. The summed E-state index contributed by atoms with van der Waals surface area (Å²) in [5, 5.41) is 0. The first-order valence-corrected chi connectivity index (χ1v) is 6.20. The fourth-order valence-corrected chi connectivity index (χ4v) is 2.32. The Balaban J connectivity index is 1.98. The molecule has 1 aromatic rings. The summed E-state index contributed by atoms with van der Waals surface area (Å²) in [6.45, 7) is 0.612. The van der Waals surface area contributed by atoms with Gasteiger partial charge in [0, 0.05) is 6.54 Å². The molecule has 18 heavy (non-hydrogen) atoms. The van der Waals surface area contributed by atoms with E-state index in [-0.39, 0.29) is 5.91 Å². The van der Waals surface area contributed by atoms with Gasteiger partial charge in [0.15, 0.2) is 0 Å². The van der Waals surface area contributed by atoms with Crippen LogP contribution in [0, 0.1) is 0 Å². The highest BCUT2D eigenvalue weighted by atomic mass is 16.2. The summed E-state index contributed by atoms with van der Waals surface area (Å²) in [6.07, 6.45) is 3.97. The van der Waals surface area contributed by atoms with E-state index in [0.29, 0.717) is 19.4 Å². The second-order valence-corrected chi connectivity index (χ2v) is 4.60. The summed E-state index contributed by atoms with van der Waals surface area (Å²) in [5.74, 6) is -0.148. The smallest absolute Gasteiger partial charge is 0.240 e. The summed E-state index contributed by atoms with van der Waals surface area (Å²) in [6, 6.07) is 8.67. The molecule has 0 aliphatic carbocycles. The van der Waals surface area contributed by atoms with Gasteiger partial charge in [-0.2, -0.15) is 0 Å². The van der Waals surface area contributed by atoms with Gasteiger partial charge >= 0.3 is 0 Å². The van der Waals surface area contributed by atoms with Crippen molar-refractivity contribution in [2.24, 2.45) is 5.73 Å². The zero-order chi connectivity index (χ0) is 13.0. The lowest BCUT2D eigenvalue weighted by Crippen LogP contribution is -2.47. The highest BCUT2D eigenvalue weighted by molar-refractivity contribution is 5.85. The van der Waals surface area contributed by atoms with Gasteiger partial charge in [-0.25, -0.2) is 0 Å². The van der Waals surface area contributed by atoms with Crippen LogP contribution in [0.5, 0.6) is 0 Å². The Morgan fingerprint density at radius 2 is 2.17 bits per heavy atom. The van der Waals surface area contributed by atoms with Gasteiger partial charge in [0.25, 0.3) is 0 Å². The first-order valence-electron chi connectivity index (χ1n) is 6.20. The zero-order valence-electron chi connectivity index (χ0n) is 10.2. The Morgan fingerprint density at radius 1 is 1.44 bits per heavy atom. The number of rotatable bonds is 4. The Labute approximate surface area is 107 Å². The predicted octanol–water partition coefficient (Wildman–Crippen LogP) is 0.657. The fraction of sp³-hybridized carbons (Fsp3) is 0.429. The van der Waals surface area contributed by atoms with Gasteiger partial charge < -0.3 is 10.6 Å². The second kappa shape index (κ2) is 5.78. The average Bonchev–Trinajstić information content (AvgIpc) is 2.87. The molecule has 1 saturated heterocycles. The molecule has 0 spiro atoms. The Morgan fingerprint density at radius 3 is 2.83 bits per heavy atom. The molecule has 0 saturated carbocycles. The third-order valence-electron chi connectivity index (χ3n) is 3.29. The van der Waals surface area contributed by atoms with Crippen LogP contribution in [-0.2, 0) is 16.0 Å². The maximum absolute atomic E-state index is 12.1. The predicted molar refractivity (Wildman–Crippen MR) is 68.5 cm³/mol. The lowest BCUT2D eigenvalue weighted by Gasteiger charge is -2.23. The molecule has 2 rings (SSSR count). The third-order valence-corrected chi connectivity index (χ3v) is 3.29. The summed E-state index contributed by atoms with van der Waals surface area (Å²) < 4.78 is 0. The van der Waals surface area contributed by atoms with E-state index in [1.807, 2.05) is 36.6 Å². The molecule has 1 aliphatic rings. The molecular weight excluding hydrogens is 228 g/mol. The zero-order valence-corrected chi connectivity index (χ0v) is 10.2. The number of amides is 1. The molecule has 4 nitrogen and oxygen atoms in total. The van der Waals surface area contributed by atoms with E-state index in [2.05, 4.69) is 0 Å². The molecule has 2 atom stereocenters. The number of hydrogen-bond donors (Lipinski definition) is 1. The molecule has 4 heteroatoms. The van der Waals surface area contributed by atoms with Gasteiger partial charge in [-0.3, -0.25) is 9.59 Å². The monoisotopic (exact) mass is 245 g/mol. The topological polar surface area (TPSA) is 63.4 Å². The number of hydrogen-bond acceptors (Lipinski definition) is 3. The maximum Gasteiger partial charge on any atom is 0.240 e. The Kier molecular flexibility index (Phi) is 4.10. The van der Waals surface area contributed by atoms with Crippen molar-refractivity contribution in [2.45, 2.75) is 31.3 Å².